The largest absolute Gasteiger partial charge is 0.487 e. The van der Waals surface area contributed by atoms with Gasteiger partial charge in [-0.2, -0.15) is 8.42 Å². The topological polar surface area (TPSA) is 116 Å². The Hall–Kier alpha value is -3.50. The molecule has 0 atom stereocenters. The van der Waals surface area contributed by atoms with Crippen LogP contribution in [0.4, 0.5) is 15.3 Å². The minimum absolute atomic E-state index is 0.108. The molecule has 160 valence electrons. The van der Waals surface area contributed by atoms with Crippen molar-refractivity contribution < 1.29 is 26.8 Å². The Labute approximate surface area is 181 Å². The molecule has 0 bridgehead atoms. The van der Waals surface area contributed by atoms with Gasteiger partial charge in [-0.05, 0) is 48.0 Å². The zero-order chi connectivity index (χ0) is 22.6. The molecule has 8 nitrogen and oxygen atoms in total. The van der Waals surface area contributed by atoms with Crippen molar-refractivity contribution in [3.63, 3.8) is 0 Å². The number of nitro groups is 1. The first-order valence-electron chi connectivity index (χ1n) is 8.65. The number of carbonyl (C=O) groups excluding carboxylic acids is 1. The molecule has 0 unspecified atom stereocenters. The molecule has 3 rings (SSSR count). The number of nitrogens with one attached hydrogen (secondary N) is 1. The molecule has 1 amide bonds. The maximum atomic E-state index is 12.9. The second kappa shape index (κ2) is 9.11. The fraction of sp³-hybridized carbons (Fsp3) is 0.0500. The molecule has 0 fully saturated rings. The van der Waals surface area contributed by atoms with Crippen LogP contribution in [0.5, 0.6) is 5.75 Å². The highest BCUT2D eigenvalue weighted by atomic mass is 35.5. The molecule has 31 heavy (non-hydrogen) atoms. The number of hydrogen-bond donors (Lipinski definition) is 1. The summed E-state index contributed by atoms with van der Waals surface area (Å²) in [5.41, 5.74) is 1.22. The Kier molecular flexibility index (Phi) is 6.52. The quantitative estimate of drug-likeness (QED) is 0.307. The third-order valence-electron chi connectivity index (χ3n) is 4.13. The van der Waals surface area contributed by atoms with Crippen molar-refractivity contribution in [3.8, 4) is 5.75 Å². The molecule has 0 radical (unpaired) electrons. The minimum atomic E-state index is -4.80. The lowest BCUT2D eigenvalue weighted by molar-refractivity contribution is -0.384. The van der Waals surface area contributed by atoms with Gasteiger partial charge in [-0.1, -0.05) is 23.7 Å². The van der Waals surface area contributed by atoms with Crippen molar-refractivity contribution in [3.05, 3.63) is 93.0 Å². The van der Waals surface area contributed by atoms with Crippen molar-refractivity contribution in [2.45, 2.75) is 11.5 Å². The van der Waals surface area contributed by atoms with E-state index in [1.165, 1.54) is 30.3 Å². The molecular formula is C20H14ClFN2O6S. The first-order chi connectivity index (χ1) is 14.6. The molecule has 0 spiro atoms. The van der Waals surface area contributed by atoms with Gasteiger partial charge in [-0.25, -0.2) is 0 Å². The van der Waals surface area contributed by atoms with E-state index in [1.54, 1.807) is 24.3 Å². The van der Waals surface area contributed by atoms with Crippen LogP contribution in [-0.4, -0.2) is 19.2 Å². The van der Waals surface area contributed by atoms with Gasteiger partial charge in [-0.15, -0.1) is 3.89 Å². The standard InChI is InChI=1S/C20H14ClFN2O6S/c21-18-11-16(24(26)27)7-10-19(18)30-12-13-1-3-14(4-2-13)20(25)23-15-5-8-17(9-6-15)31(22,28)29/h1-11H,12H2,(H,23,25). The zero-order valence-corrected chi connectivity index (χ0v) is 17.2. The highest BCUT2D eigenvalue weighted by Gasteiger charge is 2.13. The maximum absolute atomic E-state index is 12.9. The van der Waals surface area contributed by atoms with Crippen molar-refractivity contribution in [2.24, 2.45) is 0 Å². The monoisotopic (exact) mass is 464 g/mol. The summed E-state index contributed by atoms with van der Waals surface area (Å²) in [6.07, 6.45) is 0. The molecule has 3 aromatic rings. The van der Waals surface area contributed by atoms with Gasteiger partial charge >= 0.3 is 10.2 Å². The lowest BCUT2D eigenvalue weighted by atomic mass is 10.1. The van der Waals surface area contributed by atoms with Gasteiger partial charge in [-0.3, -0.25) is 14.9 Å². The Morgan fingerprint density at radius 3 is 2.26 bits per heavy atom. The van der Waals surface area contributed by atoms with Gasteiger partial charge in [0.05, 0.1) is 14.8 Å². The smallest absolute Gasteiger partial charge is 0.332 e. The summed E-state index contributed by atoms with van der Waals surface area (Å²) >= 11 is 5.98. The van der Waals surface area contributed by atoms with E-state index in [0.29, 0.717) is 11.3 Å². The summed E-state index contributed by atoms with van der Waals surface area (Å²) in [4.78, 5) is 22.0. The zero-order valence-electron chi connectivity index (χ0n) is 15.6. The number of halogens is 2. The van der Waals surface area contributed by atoms with E-state index in [9.17, 15) is 27.2 Å². The van der Waals surface area contributed by atoms with Crippen LogP contribution in [0.15, 0.2) is 71.6 Å². The summed E-state index contributed by atoms with van der Waals surface area (Å²) < 4.78 is 40.1. The van der Waals surface area contributed by atoms with E-state index in [4.69, 9.17) is 16.3 Å². The highest BCUT2D eigenvalue weighted by molar-refractivity contribution is 7.86. The predicted molar refractivity (Wildman–Crippen MR) is 112 cm³/mol. The van der Waals surface area contributed by atoms with E-state index >= 15 is 0 Å². The average molecular weight is 465 g/mol. The summed E-state index contributed by atoms with van der Waals surface area (Å²) in [6.45, 7) is 0.124. The number of hydrogen-bond acceptors (Lipinski definition) is 6. The van der Waals surface area contributed by atoms with Gasteiger partial charge in [0.1, 0.15) is 12.4 Å². The molecule has 0 aromatic heterocycles. The van der Waals surface area contributed by atoms with Crippen molar-refractivity contribution in [1.29, 1.82) is 0 Å². The Balaban J connectivity index is 1.61. The fourth-order valence-electron chi connectivity index (χ4n) is 2.54. The number of non-ortho nitro benzene ring substituents is 1. The Morgan fingerprint density at radius 2 is 1.71 bits per heavy atom. The van der Waals surface area contributed by atoms with E-state index in [1.807, 2.05) is 0 Å². The molecule has 3 aromatic carbocycles. The third-order valence-corrected chi connectivity index (χ3v) is 5.26. The number of anilines is 1. The van der Waals surface area contributed by atoms with E-state index in [-0.39, 0.29) is 23.1 Å². The first-order valence-corrected chi connectivity index (χ1v) is 10.4. The van der Waals surface area contributed by atoms with Gasteiger partial charge < -0.3 is 10.1 Å². The van der Waals surface area contributed by atoms with Gasteiger partial charge in [0.2, 0.25) is 0 Å². The van der Waals surface area contributed by atoms with Crippen LogP contribution < -0.4 is 10.1 Å². The second-order valence-electron chi connectivity index (χ2n) is 6.27. The summed E-state index contributed by atoms with van der Waals surface area (Å²) in [5.74, 6) is -0.158. The molecule has 0 saturated carbocycles. The SMILES string of the molecule is O=C(Nc1ccc(S(=O)(=O)F)cc1)c1ccc(COc2ccc([N+](=O)[O-])cc2Cl)cc1. The normalized spacial score (nSPS) is 11.0. The Morgan fingerprint density at radius 1 is 1.06 bits per heavy atom. The van der Waals surface area contributed by atoms with Crippen molar-refractivity contribution in [2.75, 3.05) is 5.32 Å². The van der Waals surface area contributed by atoms with Gasteiger partial charge in [0, 0.05) is 23.4 Å². The van der Waals surface area contributed by atoms with Crippen LogP contribution in [0.3, 0.4) is 0 Å². The average Bonchev–Trinajstić information content (AvgIpc) is 2.73. The lowest BCUT2D eigenvalue weighted by Crippen LogP contribution is -2.12. The van der Waals surface area contributed by atoms with Crippen LogP contribution in [0.1, 0.15) is 15.9 Å². The number of rotatable bonds is 7. The number of carbonyl (C=O) groups is 1. The predicted octanol–water partition coefficient (Wildman–Crippen LogP) is 4.74. The molecule has 0 aliphatic heterocycles. The minimum Gasteiger partial charge on any atom is -0.487 e. The van der Waals surface area contributed by atoms with Gasteiger partial charge in [0.15, 0.2) is 0 Å². The molecule has 1 N–H and O–H groups in total. The molecule has 0 saturated heterocycles. The third kappa shape index (κ3) is 5.77. The number of nitro benzene ring substituents is 1. The first kappa shape index (κ1) is 22.2. The second-order valence-corrected chi connectivity index (χ2v) is 8.03. The molecule has 0 aliphatic carbocycles. The summed E-state index contributed by atoms with van der Waals surface area (Å²) in [6, 6.07) is 15.0. The summed E-state index contributed by atoms with van der Waals surface area (Å²) in [5, 5.41) is 13.4. The number of amides is 1. The van der Waals surface area contributed by atoms with E-state index < -0.39 is 25.9 Å². The van der Waals surface area contributed by atoms with Crippen molar-refractivity contribution >= 4 is 39.1 Å². The van der Waals surface area contributed by atoms with Gasteiger partial charge in [0.25, 0.3) is 11.6 Å². The van der Waals surface area contributed by atoms with E-state index in [0.717, 1.165) is 17.7 Å². The molecule has 0 heterocycles. The Bertz CT molecular complexity index is 1230. The van der Waals surface area contributed by atoms with Crippen LogP contribution in [0.25, 0.3) is 0 Å². The van der Waals surface area contributed by atoms with E-state index in [2.05, 4.69) is 5.32 Å². The molecular weight excluding hydrogens is 451 g/mol. The summed E-state index contributed by atoms with van der Waals surface area (Å²) in [7, 11) is -4.80. The number of ether oxygens (including phenoxy) is 1. The number of benzene rings is 3. The van der Waals surface area contributed by atoms with Crippen molar-refractivity contribution in [1.82, 2.24) is 0 Å². The molecule has 0 aliphatic rings. The van der Waals surface area contributed by atoms with Crippen LogP contribution in [0.2, 0.25) is 5.02 Å². The molecule has 11 heteroatoms. The maximum Gasteiger partial charge on any atom is 0.332 e. The van der Waals surface area contributed by atoms with Crippen LogP contribution in [0, 0.1) is 10.1 Å². The highest BCUT2D eigenvalue weighted by Crippen LogP contribution is 2.29. The number of nitrogens with zero attached hydrogens (tertiary/aromatic N) is 1. The van der Waals surface area contributed by atoms with Crippen LogP contribution >= 0.6 is 11.6 Å². The fourth-order valence-corrected chi connectivity index (χ4v) is 3.23. The van der Waals surface area contributed by atoms with Crippen LogP contribution in [-0.2, 0) is 16.8 Å². The lowest BCUT2D eigenvalue weighted by Gasteiger charge is -2.09.